The van der Waals surface area contributed by atoms with Crippen LogP contribution < -0.4 is 10.1 Å². The molecule has 5 nitrogen and oxygen atoms in total. The molecule has 0 bridgehead atoms. The van der Waals surface area contributed by atoms with Crippen molar-refractivity contribution in [3.63, 3.8) is 0 Å². The Morgan fingerprint density at radius 1 is 0.971 bits per heavy atom. The normalized spacial score (nSPS) is 11.5. The molecule has 0 saturated heterocycles. The second-order valence-electron chi connectivity index (χ2n) is 8.31. The highest BCUT2D eigenvalue weighted by atomic mass is 35.5. The molecule has 0 fully saturated rings. The molecule has 34 heavy (non-hydrogen) atoms. The lowest BCUT2D eigenvalue weighted by atomic mass is 10.0. The van der Waals surface area contributed by atoms with E-state index in [0.717, 1.165) is 22.3 Å². The number of aryl methyl sites for hydroxylation is 2. The minimum absolute atomic E-state index is 0.171. The Labute approximate surface area is 206 Å². The Balaban J connectivity index is 1.90. The smallest absolute Gasteiger partial charge is 0.261 e. The maximum absolute atomic E-state index is 13.5. The molecule has 6 heteroatoms. The van der Waals surface area contributed by atoms with Gasteiger partial charge in [-0.3, -0.25) is 9.59 Å². The van der Waals surface area contributed by atoms with Crippen molar-refractivity contribution in [1.82, 2.24) is 10.2 Å². The number of ether oxygens (including phenoxy) is 1. The third kappa shape index (κ3) is 7.09. The van der Waals surface area contributed by atoms with E-state index in [2.05, 4.69) is 5.32 Å². The summed E-state index contributed by atoms with van der Waals surface area (Å²) in [4.78, 5) is 28.2. The molecule has 3 aromatic rings. The number of hydrogen-bond acceptors (Lipinski definition) is 3. The van der Waals surface area contributed by atoms with Gasteiger partial charge in [0.2, 0.25) is 5.91 Å². The molecule has 0 heterocycles. The van der Waals surface area contributed by atoms with Crippen LogP contribution >= 0.6 is 11.6 Å². The molecule has 0 aliphatic heterocycles. The number of rotatable bonds is 10. The average Bonchev–Trinajstić information content (AvgIpc) is 2.81. The van der Waals surface area contributed by atoms with Crippen LogP contribution in [-0.4, -0.2) is 35.9 Å². The summed E-state index contributed by atoms with van der Waals surface area (Å²) in [6, 6.07) is 22.2. The van der Waals surface area contributed by atoms with Crippen LogP contribution in [0.4, 0.5) is 0 Å². The van der Waals surface area contributed by atoms with Crippen molar-refractivity contribution in [3.8, 4) is 5.75 Å². The topological polar surface area (TPSA) is 58.6 Å². The van der Waals surface area contributed by atoms with E-state index >= 15 is 0 Å². The quantitative estimate of drug-likeness (QED) is 0.440. The Hall–Kier alpha value is -3.31. The van der Waals surface area contributed by atoms with Gasteiger partial charge in [0.05, 0.1) is 0 Å². The number of carbonyl (C=O) groups is 2. The van der Waals surface area contributed by atoms with Gasteiger partial charge in [-0.15, -0.1) is 0 Å². The van der Waals surface area contributed by atoms with Crippen molar-refractivity contribution in [1.29, 1.82) is 0 Å². The molecule has 0 aliphatic rings. The lowest BCUT2D eigenvalue weighted by Gasteiger charge is -2.31. The minimum Gasteiger partial charge on any atom is -0.483 e. The number of nitrogens with one attached hydrogen (secondary N) is 1. The maximum atomic E-state index is 13.5. The van der Waals surface area contributed by atoms with Crippen LogP contribution in [0.2, 0.25) is 5.02 Å². The van der Waals surface area contributed by atoms with Crippen LogP contribution in [0.5, 0.6) is 5.75 Å². The van der Waals surface area contributed by atoms with E-state index in [0.29, 0.717) is 23.7 Å². The third-order valence-corrected chi connectivity index (χ3v) is 5.78. The summed E-state index contributed by atoms with van der Waals surface area (Å²) in [7, 11) is 0. The van der Waals surface area contributed by atoms with Crippen molar-refractivity contribution in [2.75, 3.05) is 13.2 Å². The summed E-state index contributed by atoms with van der Waals surface area (Å²) in [6.45, 7) is 6.37. The molecule has 0 aromatic heterocycles. The zero-order chi connectivity index (χ0) is 24.5. The number of amides is 2. The van der Waals surface area contributed by atoms with Gasteiger partial charge in [0.15, 0.2) is 6.61 Å². The summed E-state index contributed by atoms with van der Waals surface area (Å²) in [5.41, 5.74) is 3.89. The first-order valence-electron chi connectivity index (χ1n) is 11.4. The lowest BCUT2D eigenvalue weighted by molar-refractivity contribution is -0.142. The molecule has 1 unspecified atom stereocenters. The van der Waals surface area contributed by atoms with E-state index in [1.807, 2.05) is 87.5 Å². The molecule has 0 radical (unpaired) electrons. The van der Waals surface area contributed by atoms with Crippen molar-refractivity contribution in [2.24, 2.45) is 0 Å². The van der Waals surface area contributed by atoms with Crippen LogP contribution in [0.25, 0.3) is 0 Å². The van der Waals surface area contributed by atoms with Gasteiger partial charge in [0.1, 0.15) is 11.8 Å². The van der Waals surface area contributed by atoms with Crippen molar-refractivity contribution in [2.45, 2.75) is 39.8 Å². The summed E-state index contributed by atoms with van der Waals surface area (Å²) in [6.07, 6.45) is 0.391. The van der Waals surface area contributed by atoms with E-state index in [-0.39, 0.29) is 25.0 Å². The molecule has 3 aromatic carbocycles. The number of hydrogen-bond donors (Lipinski definition) is 1. The summed E-state index contributed by atoms with van der Waals surface area (Å²) < 4.78 is 5.89. The number of likely N-dealkylation sites (N-methyl/N-ethyl adjacent to an activating group) is 1. The van der Waals surface area contributed by atoms with Crippen LogP contribution in [-0.2, 0) is 22.6 Å². The van der Waals surface area contributed by atoms with Crippen LogP contribution in [0.3, 0.4) is 0 Å². The number of benzene rings is 3. The summed E-state index contributed by atoms with van der Waals surface area (Å²) in [5, 5.41) is 3.47. The zero-order valence-corrected chi connectivity index (χ0v) is 20.6. The fourth-order valence-electron chi connectivity index (χ4n) is 3.86. The Kier molecular flexibility index (Phi) is 9.11. The third-order valence-electron chi connectivity index (χ3n) is 5.55. The number of nitrogens with zero attached hydrogens (tertiary/aromatic N) is 1. The molecular weight excluding hydrogens is 448 g/mol. The molecule has 1 N–H and O–H groups in total. The van der Waals surface area contributed by atoms with Gasteiger partial charge in [-0.2, -0.15) is 0 Å². The maximum Gasteiger partial charge on any atom is 0.261 e. The standard InChI is InChI=1S/C28H31ClN2O3/c1-4-30-28(33)25(17-22-9-6-5-7-10-22)31(18-23-11-8-12-24(29)16-23)27(32)19-34-26-14-13-20(2)15-21(26)3/h5-16,25H,4,17-19H2,1-3H3,(H,30,33). The van der Waals surface area contributed by atoms with Crippen LogP contribution in [0, 0.1) is 13.8 Å². The second kappa shape index (κ2) is 12.2. The highest BCUT2D eigenvalue weighted by Crippen LogP contribution is 2.21. The monoisotopic (exact) mass is 478 g/mol. The predicted octanol–water partition coefficient (Wildman–Crippen LogP) is 5.11. The Bertz CT molecular complexity index is 1120. The first-order valence-corrected chi connectivity index (χ1v) is 11.8. The van der Waals surface area contributed by atoms with E-state index < -0.39 is 6.04 Å². The van der Waals surface area contributed by atoms with Gasteiger partial charge in [-0.05, 0) is 55.7 Å². The van der Waals surface area contributed by atoms with E-state index in [4.69, 9.17) is 16.3 Å². The molecular formula is C28H31ClN2O3. The first-order chi connectivity index (χ1) is 16.4. The fraction of sp³-hybridized carbons (Fsp3) is 0.286. The molecule has 0 saturated carbocycles. The van der Waals surface area contributed by atoms with E-state index in [9.17, 15) is 9.59 Å². The minimum atomic E-state index is -0.698. The Morgan fingerprint density at radius 3 is 2.38 bits per heavy atom. The van der Waals surface area contributed by atoms with E-state index in [1.165, 1.54) is 0 Å². The highest BCUT2D eigenvalue weighted by Gasteiger charge is 2.30. The van der Waals surface area contributed by atoms with Gasteiger partial charge in [0, 0.05) is 24.5 Å². The molecule has 0 aliphatic carbocycles. The van der Waals surface area contributed by atoms with Crippen molar-refractivity contribution >= 4 is 23.4 Å². The lowest BCUT2D eigenvalue weighted by Crippen LogP contribution is -2.51. The largest absolute Gasteiger partial charge is 0.483 e. The molecule has 1 atom stereocenters. The number of carbonyl (C=O) groups excluding carboxylic acids is 2. The molecule has 0 spiro atoms. The van der Waals surface area contributed by atoms with Gasteiger partial charge < -0.3 is 15.0 Å². The van der Waals surface area contributed by atoms with E-state index in [1.54, 1.807) is 11.0 Å². The molecule has 3 rings (SSSR count). The van der Waals surface area contributed by atoms with Crippen LogP contribution in [0.1, 0.15) is 29.2 Å². The first kappa shape index (κ1) is 25.3. The van der Waals surface area contributed by atoms with Gasteiger partial charge in [0.25, 0.3) is 5.91 Å². The van der Waals surface area contributed by atoms with Crippen LogP contribution in [0.15, 0.2) is 72.8 Å². The van der Waals surface area contributed by atoms with Crippen molar-refractivity contribution in [3.05, 3.63) is 100 Å². The predicted molar refractivity (Wildman–Crippen MR) is 136 cm³/mol. The molecule has 2 amide bonds. The van der Waals surface area contributed by atoms with Crippen molar-refractivity contribution < 1.29 is 14.3 Å². The SMILES string of the molecule is CCNC(=O)C(Cc1ccccc1)N(Cc1cccc(Cl)c1)C(=O)COc1ccc(C)cc1C. The summed E-state index contributed by atoms with van der Waals surface area (Å²) >= 11 is 6.19. The molecule has 178 valence electrons. The average molecular weight is 479 g/mol. The van der Waals surface area contributed by atoms with Gasteiger partial charge in [-0.1, -0.05) is 71.8 Å². The van der Waals surface area contributed by atoms with Gasteiger partial charge in [-0.25, -0.2) is 0 Å². The summed E-state index contributed by atoms with van der Waals surface area (Å²) in [5.74, 6) is 0.180. The highest BCUT2D eigenvalue weighted by molar-refractivity contribution is 6.30. The fourth-order valence-corrected chi connectivity index (χ4v) is 4.07. The Morgan fingerprint density at radius 2 is 1.71 bits per heavy atom. The zero-order valence-electron chi connectivity index (χ0n) is 19.9. The van der Waals surface area contributed by atoms with Gasteiger partial charge >= 0.3 is 0 Å². The number of halogens is 1. The second-order valence-corrected chi connectivity index (χ2v) is 8.75.